The van der Waals surface area contributed by atoms with Gasteiger partial charge < -0.3 is 18.8 Å². The molecule has 0 spiro atoms. The van der Waals surface area contributed by atoms with Gasteiger partial charge in [0.1, 0.15) is 4.92 Å². The number of benzene rings is 1. The Labute approximate surface area is 163 Å². The number of hydrogen-bond acceptors (Lipinski definition) is 9. The number of likely N-dealkylation sites (N-methyl/N-ethyl adjacent to an activating group) is 1. The Morgan fingerprint density at radius 2 is 2.00 bits per heavy atom. The van der Waals surface area contributed by atoms with Gasteiger partial charge in [0.15, 0.2) is 22.4 Å². The minimum Gasteiger partial charge on any atom is -0.454 e. The molecule has 0 bridgehead atoms. The molecule has 3 heterocycles. The van der Waals surface area contributed by atoms with E-state index in [-0.39, 0.29) is 12.6 Å². The van der Waals surface area contributed by atoms with E-state index in [0.717, 1.165) is 10.8 Å². The number of fused-ring (bicyclic) bond motifs is 2. The SMILES string of the molecule is CN(C)CCN(C(=O)c1ccc([N+](=O)[O-])o1)c1nc2cc3c(cc2s1)OCO3. The normalized spacial score (nSPS) is 12.7. The summed E-state index contributed by atoms with van der Waals surface area (Å²) in [5.74, 6) is 0.159. The van der Waals surface area contributed by atoms with Crippen molar-refractivity contribution in [3.05, 3.63) is 40.1 Å². The number of anilines is 1. The van der Waals surface area contributed by atoms with E-state index in [2.05, 4.69) is 4.98 Å². The number of carbonyl (C=O) groups is 1. The van der Waals surface area contributed by atoms with Crippen LogP contribution in [0.2, 0.25) is 0 Å². The van der Waals surface area contributed by atoms with Gasteiger partial charge in [0.2, 0.25) is 6.79 Å². The predicted octanol–water partition coefficient (Wildman–Crippen LogP) is 2.73. The number of hydrogen-bond donors (Lipinski definition) is 0. The van der Waals surface area contributed by atoms with Crippen LogP contribution in [0.15, 0.2) is 28.7 Å². The molecule has 0 N–H and O–H groups in total. The van der Waals surface area contributed by atoms with Crippen molar-refractivity contribution < 1.29 is 23.6 Å². The van der Waals surface area contributed by atoms with Crippen LogP contribution in [0.25, 0.3) is 10.2 Å². The van der Waals surface area contributed by atoms with E-state index >= 15 is 0 Å². The van der Waals surface area contributed by atoms with E-state index in [1.54, 1.807) is 6.07 Å². The Balaban J connectivity index is 1.69. The maximum atomic E-state index is 13.0. The molecule has 2 aromatic heterocycles. The Morgan fingerprint density at radius 3 is 2.68 bits per heavy atom. The minimum absolute atomic E-state index is 0.112. The summed E-state index contributed by atoms with van der Waals surface area (Å²) in [7, 11) is 3.77. The second-order valence-corrected chi connectivity index (χ2v) is 7.33. The highest BCUT2D eigenvalue weighted by Gasteiger charge is 2.27. The van der Waals surface area contributed by atoms with Gasteiger partial charge in [0.25, 0.3) is 5.91 Å². The number of rotatable bonds is 6. The summed E-state index contributed by atoms with van der Waals surface area (Å²) in [5, 5.41) is 11.3. The lowest BCUT2D eigenvalue weighted by Crippen LogP contribution is -2.36. The zero-order chi connectivity index (χ0) is 19.8. The number of nitrogens with zero attached hydrogens (tertiary/aromatic N) is 4. The van der Waals surface area contributed by atoms with E-state index in [1.807, 2.05) is 25.1 Å². The third kappa shape index (κ3) is 3.37. The van der Waals surface area contributed by atoms with E-state index in [0.29, 0.717) is 35.2 Å². The fourth-order valence-corrected chi connectivity index (χ4v) is 3.68. The molecule has 1 aromatic carbocycles. The molecule has 0 radical (unpaired) electrons. The quantitative estimate of drug-likeness (QED) is 0.455. The first-order valence-corrected chi connectivity index (χ1v) is 9.15. The second-order valence-electron chi connectivity index (χ2n) is 6.32. The lowest BCUT2D eigenvalue weighted by atomic mass is 10.3. The number of carbonyl (C=O) groups excluding carboxylic acids is 1. The van der Waals surface area contributed by atoms with Crippen molar-refractivity contribution in [2.75, 3.05) is 38.9 Å². The Hall–Kier alpha value is -3.18. The molecule has 0 saturated carbocycles. The van der Waals surface area contributed by atoms with Gasteiger partial charge in [0.05, 0.1) is 16.3 Å². The fraction of sp³-hybridized carbons (Fsp3) is 0.294. The molecule has 146 valence electrons. The molecule has 1 aliphatic rings. The van der Waals surface area contributed by atoms with Crippen molar-refractivity contribution in [1.29, 1.82) is 0 Å². The molecule has 0 atom stereocenters. The fourth-order valence-electron chi connectivity index (χ4n) is 2.68. The van der Waals surface area contributed by atoms with Crippen LogP contribution >= 0.6 is 11.3 Å². The van der Waals surface area contributed by atoms with Gasteiger partial charge in [0, 0.05) is 25.2 Å². The number of furan rings is 1. The van der Waals surface area contributed by atoms with Crippen molar-refractivity contribution in [3.63, 3.8) is 0 Å². The maximum absolute atomic E-state index is 13.0. The van der Waals surface area contributed by atoms with Gasteiger partial charge in [-0.25, -0.2) is 4.98 Å². The van der Waals surface area contributed by atoms with Crippen LogP contribution in [0.5, 0.6) is 11.5 Å². The molecule has 1 amide bonds. The zero-order valence-electron chi connectivity index (χ0n) is 15.1. The van der Waals surface area contributed by atoms with Crippen molar-refractivity contribution >= 4 is 38.5 Å². The lowest BCUT2D eigenvalue weighted by molar-refractivity contribution is -0.402. The molecule has 4 rings (SSSR count). The lowest BCUT2D eigenvalue weighted by Gasteiger charge is -2.20. The summed E-state index contributed by atoms with van der Waals surface area (Å²) in [6.45, 7) is 1.09. The van der Waals surface area contributed by atoms with Gasteiger partial charge in [-0.1, -0.05) is 11.3 Å². The van der Waals surface area contributed by atoms with Gasteiger partial charge in [-0.3, -0.25) is 19.8 Å². The highest BCUT2D eigenvalue weighted by Crippen LogP contribution is 2.40. The first-order chi connectivity index (χ1) is 13.4. The van der Waals surface area contributed by atoms with E-state index in [4.69, 9.17) is 13.9 Å². The van der Waals surface area contributed by atoms with Crippen molar-refractivity contribution in [3.8, 4) is 11.5 Å². The first-order valence-electron chi connectivity index (χ1n) is 8.33. The van der Waals surface area contributed by atoms with Gasteiger partial charge in [-0.15, -0.1) is 0 Å². The summed E-state index contributed by atoms with van der Waals surface area (Å²) in [6.07, 6.45) is 0. The number of nitro groups is 1. The van der Waals surface area contributed by atoms with Crippen LogP contribution in [0.4, 0.5) is 11.0 Å². The molecular weight excluding hydrogens is 388 g/mol. The summed E-state index contributed by atoms with van der Waals surface area (Å²) in [5.41, 5.74) is 0.678. The largest absolute Gasteiger partial charge is 0.454 e. The Kier molecular flexibility index (Phi) is 4.61. The highest BCUT2D eigenvalue weighted by atomic mass is 32.1. The van der Waals surface area contributed by atoms with E-state index in [9.17, 15) is 14.9 Å². The summed E-state index contributed by atoms with van der Waals surface area (Å²) >= 11 is 1.32. The molecule has 0 unspecified atom stereocenters. The Morgan fingerprint density at radius 1 is 1.25 bits per heavy atom. The van der Waals surface area contributed by atoms with E-state index in [1.165, 1.54) is 22.3 Å². The van der Waals surface area contributed by atoms with Crippen LogP contribution < -0.4 is 14.4 Å². The second kappa shape index (κ2) is 7.09. The molecule has 10 nitrogen and oxygen atoms in total. The third-order valence-electron chi connectivity index (χ3n) is 4.10. The molecule has 11 heteroatoms. The van der Waals surface area contributed by atoms with Crippen LogP contribution in [-0.2, 0) is 0 Å². The smallest absolute Gasteiger partial charge is 0.433 e. The molecule has 0 aliphatic carbocycles. The minimum atomic E-state index is -0.680. The van der Waals surface area contributed by atoms with Crippen LogP contribution in [0.3, 0.4) is 0 Å². The number of aromatic nitrogens is 1. The van der Waals surface area contributed by atoms with Gasteiger partial charge >= 0.3 is 5.88 Å². The standard InChI is InChI=1S/C17H16N4O6S/c1-19(2)5-6-20(16(22)11-3-4-15(27-11)21(23)24)17-18-10-7-12-13(26-9-25-12)8-14(10)28-17/h3-4,7-8H,5-6,9H2,1-2H3. The average Bonchev–Trinajstić information content (AvgIpc) is 3.37. The molecular formula is C17H16N4O6S. The van der Waals surface area contributed by atoms with Crippen molar-refractivity contribution in [2.24, 2.45) is 0 Å². The monoisotopic (exact) mass is 404 g/mol. The molecule has 0 saturated heterocycles. The number of amides is 1. The number of ether oxygens (including phenoxy) is 2. The van der Waals surface area contributed by atoms with Crippen molar-refractivity contribution in [1.82, 2.24) is 9.88 Å². The average molecular weight is 404 g/mol. The van der Waals surface area contributed by atoms with Crippen LogP contribution in [0, 0.1) is 10.1 Å². The Bertz CT molecular complexity index is 1020. The molecule has 0 fully saturated rings. The van der Waals surface area contributed by atoms with Crippen LogP contribution in [0.1, 0.15) is 10.6 Å². The van der Waals surface area contributed by atoms with Crippen molar-refractivity contribution in [2.45, 2.75) is 0 Å². The highest BCUT2D eigenvalue weighted by molar-refractivity contribution is 7.22. The van der Waals surface area contributed by atoms with Crippen LogP contribution in [-0.4, -0.2) is 54.7 Å². The predicted molar refractivity (Wildman–Crippen MR) is 101 cm³/mol. The third-order valence-corrected chi connectivity index (χ3v) is 5.14. The topological polar surface area (TPSA) is 111 Å². The maximum Gasteiger partial charge on any atom is 0.433 e. The molecule has 3 aromatic rings. The zero-order valence-corrected chi connectivity index (χ0v) is 15.9. The molecule has 1 aliphatic heterocycles. The first kappa shape index (κ1) is 18.2. The summed E-state index contributed by atoms with van der Waals surface area (Å²) in [4.78, 5) is 31.1. The molecule has 28 heavy (non-hydrogen) atoms. The number of thiazole rings is 1. The van der Waals surface area contributed by atoms with Gasteiger partial charge in [-0.2, -0.15) is 0 Å². The van der Waals surface area contributed by atoms with E-state index < -0.39 is 16.7 Å². The summed E-state index contributed by atoms with van der Waals surface area (Å²) in [6, 6.07) is 6.05. The summed E-state index contributed by atoms with van der Waals surface area (Å²) < 4.78 is 16.7. The van der Waals surface area contributed by atoms with Gasteiger partial charge in [-0.05, 0) is 20.2 Å².